The van der Waals surface area contributed by atoms with Gasteiger partial charge in [0.25, 0.3) is 0 Å². The molecule has 33 heavy (non-hydrogen) atoms. The number of aryl methyl sites for hydroxylation is 2. The standard InChI is InChI=1S/C28H31NO4/c1-4-8-21-17-22(23-9-6-7-10-24(23)28(31)32)18-25(27(21)33-15-5-2)29-26(30)16-20-13-11-19(3)12-14-20/h6-7,9-14,17-18H,4-5,8,15-16H2,1-3H3,(H,29,30)(H,31,32). The van der Waals surface area contributed by atoms with Crippen molar-refractivity contribution in [3.8, 4) is 16.9 Å². The van der Waals surface area contributed by atoms with Crippen LogP contribution in [0.5, 0.6) is 5.75 Å². The van der Waals surface area contributed by atoms with E-state index in [0.717, 1.165) is 41.5 Å². The predicted molar refractivity (Wildman–Crippen MR) is 132 cm³/mol. The number of carbonyl (C=O) groups excluding carboxylic acids is 1. The van der Waals surface area contributed by atoms with Gasteiger partial charge < -0.3 is 15.2 Å². The number of amides is 1. The van der Waals surface area contributed by atoms with E-state index in [1.807, 2.05) is 56.3 Å². The lowest BCUT2D eigenvalue weighted by Gasteiger charge is -2.19. The molecule has 0 aromatic heterocycles. The highest BCUT2D eigenvalue weighted by Crippen LogP contribution is 2.37. The summed E-state index contributed by atoms with van der Waals surface area (Å²) in [5.74, 6) is -0.474. The second-order valence-corrected chi connectivity index (χ2v) is 8.17. The van der Waals surface area contributed by atoms with Crippen LogP contribution in [-0.4, -0.2) is 23.6 Å². The van der Waals surface area contributed by atoms with E-state index in [1.54, 1.807) is 18.2 Å². The minimum Gasteiger partial charge on any atom is -0.491 e. The summed E-state index contributed by atoms with van der Waals surface area (Å²) in [6, 6.07) is 18.6. The molecule has 0 aliphatic heterocycles. The molecule has 0 heterocycles. The molecule has 0 atom stereocenters. The van der Waals surface area contributed by atoms with E-state index in [-0.39, 0.29) is 17.9 Å². The number of carboxylic acids is 1. The SMILES string of the molecule is CCCOc1c(CCC)cc(-c2ccccc2C(=O)O)cc1NC(=O)Cc1ccc(C)cc1. The molecule has 5 heteroatoms. The number of rotatable bonds is 10. The molecule has 0 spiro atoms. The van der Waals surface area contributed by atoms with Gasteiger partial charge in [0.15, 0.2) is 0 Å². The van der Waals surface area contributed by atoms with E-state index < -0.39 is 5.97 Å². The van der Waals surface area contributed by atoms with Gasteiger partial charge in [-0.2, -0.15) is 0 Å². The molecule has 0 aliphatic carbocycles. The summed E-state index contributed by atoms with van der Waals surface area (Å²) in [5.41, 5.74) is 5.16. The maximum atomic E-state index is 12.9. The van der Waals surface area contributed by atoms with Crippen LogP contribution in [0.4, 0.5) is 5.69 Å². The molecular weight excluding hydrogens is 414 g/mol. The molecule has 5 nitrogen and oxygen atoms in total. The van der Waals surface area contributed by atoms with Crippen molar-refractivity contribution in [1.29, 1.82) is 0 Å². The Kier molecular flexibility index (Phi) is 8.25. The third-order valence-electron chi connectivity index (χ3n) is 5.36. The summed E-state index contributed by atoms with van der Waals surface area (Å²) >= 11 is 0. The van der Waals surface area contributed by atoms with Gasteiger partial charge in [-0.1, -0.05) is 68.3 Å². The van der Waals surface area contributed by atoms with Gasteiger partial charge in [-0.25, -0.2) is 4.79 Å². The lowest BCUT2D eigenvalue weighted by atomic mass is 9.95. The summed E-state index contributed by atoms with van der Waals surface area (Å²) in [6.45, 7) is 6.66. The van der Waals surface area contributed by atoms with Crippen LogP contribution in [0.3, 0.4) is 0 Å². The van der Waals surface area contributed by atoms with Crippen LogP contribution in [0.1, 0.15) is 53.7 Å². The second kappa shape index (κ2) is 11.3. The van der Waals surface area contributed by atoms with Crippen molar-refractivity contribution in [3.05, 3.63) is 82.9 Å². The Balaban J connectivity index is 2.04. The zero-order valence-corrected chi connectivity index (χ0v) is 19.5. The first-order valence-electron chi connectivity index (χ1n) is 11.4. The van der Waals surface area contributed by atoms with Crippen LogP contribution in [0, 0.1) is 6.92 Å². The van der Waals surface area contributed by atoms with Gasteiger partial charge in [0.05, 0.1) is 24.3 Å². The molecule has 0 radical (unpaired) electrons. The van der Waals surface area contributed by atoms with Crippen LogP contribution in [0.25, 0.3) is 11.1 Å². The molecule has 2 N–H and O–H groups in total. The van der Waals surface area contributed by atoms with Crippen molar-refractivity contribution in [1.82, 2.24) is 0 Å². The number of benzene rings is 3. The van der Waals surface area contributed by atoms with Gasteiger partial charge in [0, 0.05) is 0 Å². The minimum absolute atomic E-state index is 0.147. The summed E-state index contributed by atoms with van der Waals surface area (Å²) in [7, 11) is 0. The van der Waals surface area contributed by atoms with Crippen LogP contribution >= 0.6 is 0 Å². The maximum absolute atomic E-state index is 12.9. The van der Waals surface area contributed by atoms with Crippen molar-refractivity contribution in [3.63, 3.8) is 0 Å². The van der Waals surface area contributed by atoms with Gasteiger partial charge >= 0.3 is 5.97 Å². The normalized spacial score (nSPS) is 10.6. The molecule has 3 aromatic carbocycles. The zero-order valence-electron chi connectivity index (χ0n) is 19.5. The van der Waals surface area contributed by atoms with Gasteiger partial charge in [-0.3, -0.25) is 4.79 Å². The molecule has 0 fully saturated rings. The Hall–Kier alpha value is -3.60. The number of carboxylic acid groups (broad SMARTS) is 1. The third-order valence-corrected chi connectivity index (χ3v) is 5.36. The first kappa shape index (κ1) is 24.1. The largest absolute Gasteiger partial charge is 0.491 e. The number of ether oxygens (including phenoxy) is 1. The fourth-order valence-electron chi connectivity index (χ4n) is 3.77. The van der Waals surface area contributed by atoms with Crippen LogP contribution in [0.2, 0.25) is 0 Å². The van der Waals surface area contributed by atoms with Crippen molar-refractivity contribution in [2.75, 3.05) is 11.9 Å². The van der Waals surface area contributed by atoms with Crippen molar-refractivity contribution < 1.29 is 19.4 Å². The molecule has 3 rings (SSSR count). The van der Waals surface area contributed by atoms with E-state index >= 15 is 0 Å². The van der Waals surface area contributed by atoms with Gasteiger partial charge in [0.2, 0.25) is 5.91 Å². The summed E-state index contributed by atoms with van der Waals surface area (Å²) in [6.07, 6.45) is 2.73. The monoisotopic (exact) mass is 445 g/mol. The van der Waals surface area contributed by atoms with Gasteiger partial charge in [-0.15, -0.1) is 0 Å². The predicted octanol–water partition coefficient (Wildman–Crippen LogP) is 6.28. The lowest BCUT2D eigenvalue weighted by molar-refractivity contribution is -0.115. The molecule has 0 aliphatic rings. The average Bonchev–Trinajstić information content (AvgIpc) is 2.80. The van der Waals surface area contributed by atoms with Crippen molar-refractivity contribution in [2.45, 2.75) is 46.5 Å². The Morgan fingerprint density at radius 2 is 1.70 bits per heavy atom. The first-order chi connectivity index (χ1) is 15.9. The first-order valence-corrected chi connectivity index (χ1v) is 11.4. The molecule has 0 saturated carbocycles. The molecular formula is C28H31NO4. The second-order valence-electron chi connectivity index (χ2n) is 8.17. The van der Waals surface area contributed by atoms with Gasteiger partial charge in [-0.05, 0) is 60.2 Å². The van der Waals surface area contributed by atoms with Crippen LogP contribution in [-0.2, 0) is 17.6 Å². The Labute approximate surface area is 195 Å². The third kappa shape index (κ3) is 6.22. The van der Waals surface area contributed by atoms with E-state index in [4.69, 9.17) is 4.74 Å². The highest BCUT2D eigenvalue weighted by Gasteiger charge is 2.18. The topological polar surface area (TPSA) is 75.6 Å². The number of aromatic carboxylic acids is 1. The fourth-order valence-corrected chi connectivity index (χ4v) is 3.77. The van der Waals surface area contributed by atoms with E-state index in [2.05, 4.69) is 12.2 Å². The summed E-state index contributed by atoms with van der Waals surface area (Å²) < 4.78 is 6.07. The number of carbonyl (C=O) groups is 2. The maximum Gasteiger partial charge on any atom is 0.336 e. The Morgan fingerprint density at radius 1 is 0.970 bits per heavy atom. The number of anilines is 1. The van der Waals surface area contributed by atoms with E-state index in [1.165, 1.54) is 0 Å². The molecule has 0 unspecified atom stereocenters. The number of nitrogens with one attached hydrogen (secondary N) is 1. The van der Waals surface area contributed by atoms with Crippen molar-refractivity contribution >= 4 is 17.6 Å². The molecule has 0 bridgehead atoms. The smallest absolute Gasteiger partial charge is 0.336 e. The minimum atomic E-state index is -0.987. The average molecular weight is 446 g/mol. The lowest BCUT2D eigenvalue weighted by Crippen LogP contribution is -2.16. The quantitative estimate of drug-likeness (QED) is 0.385. The highest BCUT2D eigenvalue weighted by atomic mass is 16.5. The fraction of sp³-hybridized carbons (Fsp3) is 0.286. The number of hydrogen-bond donors (Lipinski definition) is 2. The Morgan fingerprint density at radius 3 is 2.36 bits per heavy atom. The summed E-state index contributed by atoms with van der Waals surface area (Å²) in [5, 5.41) is 12.7. The van der Waals surface area contributed by atoms with E-state index in [0.29, 0.717) is 23.6 Å². The molecule has 3 aromatic rings. The Bertz CT molecular complexity index is 1120. The summed E-state index contributed by atoms with van der Waals surface area (Å²) in [4.78, 5) is 24.7. The molecule has 172 valence electrons. The van der Waals surface area contributed by atoms with Crippen LogP contribution in [0.15, 0.2) is 60.7 Å². The highest BCUT2D eigenvalue weighted by molar-refractivity contribution is 5.98. The van der Waals surface area contributed by atoms with Crippen LogP contribution < -0.4 is 10.1 Å². The number of hydrogen-bond acceptors (Lipinski definition) is 3. The van der Waals surface area contributed by atoms with Gasteiger partial charge in [0.1, 0.15) is 5.75 Å². The van der Waals surface area contributed by atoms with Crippen molar-refractivity contribution in [2.24, 2.45) is 0 Å². The zero-order chi connectivity index (χ0) is 23.8. The van der Waals surface area contributed by atoms with E-state index in [9.17, 15) is 14.7 Å². The molecule has 1 amide bonds. The molecule has 0 saturated heterocycles.